The predicted molar refractivity (Wildman–Crippen MR) is 97.5 cm³/mol. The van der Waals surface area contributed by atoms with Gasteiger partial charge in [0.2, 0.25) is 10.0 Å². The van der Waals surface area contributed by atoms with Crippen LogP contribution in [0.3, 0.4) is 0 Å². The number of piperidine rings is 1. The Morgan fingerprint density at radius 2 is 2.00 bits per heavy atom. The van der Waals surface area contributed by atoms with E-state index < -0.39 is 10.0 Å². The van der Waals surface area contributed by atoms with Crippen LogP contribution in [-0.4, -0.2) is 49.6 Å². The van der Waals surface area contributed by atoms with E-state index in [1.54, 1.807) is 10.6 Å². The predicted octanol–water partition coefficient (Wildman–Crippen LogP) is 2.80. The van der Waals surface area contributed by atoms with E-state index in [0.717, 1.165) is 37.3 Å². The molecule has 134 valence electrons. The lowest BCUT2D eigenvalue weighted by Gasteiger charge is -2.36. The summed E-state index contributed by atoms with van der Waals surface area (Å²) in [5.74, 6) is 1.31. The molecular formula is C19H24N2O3S. The molecule has 0 amide bonds. The van der Waals surface area contributed by atoms with Gasteiger partial charge in [0.25, 0.3) is 0 Å². The molecule has 0 spiro atoms. The van der Waals surface area contributed by atoms with Gasteiger partial charge in [0.05, 0.1) is 12.5 Å². The van der Waals surface area contributed by atoms with Crippen molar-refractivity contribution in [3.05, 3.63) is 48.2 Å². The van der Waals surface area contributed by atoms with Gasteiger partial charge in [-0.05, 0) is 42.5 Å². The third-order valence-electron chi connectivity index (χ3n) is 5.38. The van der Waals surface area contributed by atoms with Crippen LogP contribution in [0, 0.1) is 5.92 Å². The quantitative estimate of drug-likeness (QED) is 0.841. The zero-order chi connectivity index (χ0) is 17.4. The maximum atomic E-state index is 12.0. The molecular weight excluding hydrogens is 336 g/mol. The molecule has 6 heteroatoms. The molecule has 25 heavy (non-hydrogen) atoms. The Labute approximate surface area is 149 Å². The van der Waals surface area contributed by atoms with E-state index in [1.165, 1.54) is 11.8 Å². The number of hydrogen-bond donors (Lipinski definition) is 0. The van der Waals surface area contributed by atoms with Crippen LogP contribution in [0.5, 0.6) is 0 Å². The van der Waals surface area contributed by atoms with Crippen LogP contribution in [0.4, 0.5) is 0 Å². The number of sulfonamides is 1. The van der Waals surface area contributed by atoms with Crippen LogP contribution < -0.4 is 0 Å². The lowest BCUT2D eigenvalue weighted by atomic mass is 9.94. The van der Waals surface area contributed by atoms with Gasteiger partial charge in [-0.25, -0.2) is 12.7 Å². The summed E-state index contributed by atoms with van der Waals surface area (Å²) in [5.41, 5.74) is 2.33. The van der Waals surface area contributed by atoms with Crippen molar-refractivity contribution < 1.29 is 12.8 Å². The molecule has 2 aromatic rings. The second kappa shape index (κ2) is 6.59. The van der Waals surface area contributed by atoms with Crippen molar-refractivity contribution in [2.75, 3.05) is 25.9 Å². The SMILES string of the molecule is CS(=O)(=O)N1C[C@H]2CC[C@@H](C1)N(Cc1cccc(-c3ccco3)c1)C2. The molecule has 5 nitrogen and oxygen atoms in total. The molecule has 3 aliphatic heterocycles. The van der Waals surface area contributed by atoms with Crippen molar-refractivity contribution in [2.45, 2.75) is 25.4 Å². The Morgan fingerprint density at radius 1 is 1.12 bits per heavy atom. The first kappa shape index (κ1) is 16.8. The van der Waals surface area contributed by atoms with Gasteiger partial charge in [-0.3, -0.25) is 4.90 Å². The normalized spacial score (nSPS) is 25.2. The fraction of sp³-hybridized carbons (Fsp3) is 0.474. The number of hydrogen-bond acceptors (Lipinski definition) is 4. The minimum atomic E-state index is -3.11. The first-order chi connectivity index (χ1) is 12.0. The van der Waals surface area contributed by atoms with Crippen LogP contribution in [0.25, 0.3) is 11.3 Å². The maximum Gasteiger partial charge on any atom is 0.211 e. The minimum Gasteiger partial charge on any atom is -0.464 e. The van der Waals surface area contributed by atoms with Gasteiger partial charge in [-0.2, -0.15) is 0 Å². The number of furan rings is 1. The molecule has 2 atom stereocenters. The molecule has 3 fully saturated rings. The van der Waals surface area contributed by atoms with E-state index in [0.29, 0.717) is 25.0 Å². The van der Waals surface area contributed by atoms with E-state index in [4.69, 9.17) is 4.42 Å². The zero-order valence-corrected chi connectivity index (χ0v) is 15.3. The van der Waals surface area contributed by atoms with Gasteiger partial charge < -0.3 is 4.42 Å². The van der Waals surface area contributed by atoms with Crippen LogP contribution in [0.1, 0.15) is 18.4 Å². The smallest absolute Gasteiger partial charge is 0.211 e. The van der Waals surface area contributed by atoms with Gasteiger partial charge in [-0.1, -0.05) is 18.2 Å². The topological polar surface area (TPSA) is 53.8 Å². The minimum absolute atomic E-state index is 0.306. The molecule has 4 heterocycles. The molecule has 0 aliphatic carbocycles. The fourth-order valence-electron chi connectivity index (χ4n) is 4.10. The van der Waals surface area contributed by atoms with Crippen LogP contribution in [-0.2, 0) is 16.6 Å². The largest absolute Gasteiger partial charge is 0.464 e. The average Bonchev–Trinajstić information content (AvgIpc) is 2.95. The van der Waals surface area contributed by atoms with Gasteiger partial charge in [0.1, 0.15) is 5.76 Å². The van der Waals surface area contributed by atoms with Crippen molar-refractivity contribution in [1.29, 1.82) is 0 Å². The third-order valence-corrected chi connectivity index (χ3v) is 6.62. The molecule has 0 unspecified atom stereocenters. The van der Waals surface area contributed by atoms with Crippen LogP contribution in [0.15, 0.2) is 47.1 Å². The summed E-state index contributed by atoms with van der Waals surface area (Å²) in [5, 5.41) is 0. The summed E-state index contributed by atoms with van der Waals surface area (Å²) >= 11 is 0. The first-order valence-corrected chi connectivity index (χ1v) is 10.7. The highest BCUT2D eigenvalue weighted by Crippen LogP contribution is 2.31. The summed E-state index contributed by atoms with van der Waals surface area (Å²) in [6.07, 6.45) is 5.22. The standard InChI is InChI=1S/C19H24N2O3S/c1-25(22,23)21-13-16-7-8-18(14-21)20(12-16)11-15-4-2-5-17(10-15)19-6-3-9-24-19/h2-6,9-10,16,18H,7-8,11-14H2,1H3/t16-,18-/m0/s1. The summed E-state index contributed by atoms with van der Waals surface area (Å²) in [6.45, 7) is 3.11. The van der Waals surface area contributed by atoms with E-state index in [-0.39, 0.29) is 0 Å². The van der Waals surface area contributed by atoms with Crippen molar-refractivity contribution in [3.63, 3.8) is 0 Å². The number of benzene rings is 1. The van der Waals surface area contributed by atoms with Crippen molar-refractivity contribution in [2.24, 2.45) is 5.92 Å². The Bertz CT molecular complexity index is 832. The average molecular weight is 360 g/mol. The molecule has 1 aromatic heterocycles. The zero-order valence-electron chi connectivity index (χ0n) is 14.5. The Hall–Kier alpha value is -1.63. The molecule has 0 N–H and O–H groups in total. The van der Waals surface area contributed by atoms with Gasteiger partial charge in [-0.15, -0.1) is 0 Å². The third kappa shape index (κ3) is 3.66. The van der Waals surface area contributed by atoms with Crippen molar-refractivity contribution in [1.82, 2.24) is 9.21 Å². The van der Waals surface area contributed by atoms with E-state index in [1.807, 2.05) is 12.1 Å². The summed E-state index contributed by atoms with van der Waals surface area (Å²) in [4.78, 5) is 2.46. The molecule has 0 radical (unpaired) electrons. The highest BCUT2D eigenvalue weighted by atomic mass is 32.2. The Balaban J connectivity index is 1.53. The van der Waals surface area contributed by atoms with Crippen LogP contribution in [0.2, 0.25) is 0 Å². The summed E-state index contributed by atoms with van der Waals surface area (Å²) in [6, 6.07) is 12.6. The Kier molecular flexibility index (Phi) is 4.43. The van der Waals surface area contributed by atoms with Gasteiger partial charge in [0.15, 0.2) is 0 Å². The molecule has 3 aliphatic rings. The number of rotatable bonds is 4. The van der Waals surface area contributed by atoms with E-state index in [2.05, 4.69) is 29.2 Å². The van der Waals surface area contributed by atoms with Crippen molar-refractivity contribution in [3.8, 4) is 11.3 Å². The second-order valence-corrected chi connectivity index (χ2v) is 9.27. The molecule has 0 saturated carbocycles. The molecule has 1 aromatic carbocycles. The summed E-state index contributed by atoms with van der Waals surface area (Å²) in [7, 11) is -3.11. The maximum absolute atomic E-state index is 12.0. The highest BCUT2D eigenvalue weighted by molar-refractivity contribution is 7.88. The van der Waals surface area contributed by atoms with Gasteiger partial charge >= 0.3 is 0 Å². The second-order valence-electron chi connectivity index (χ2n) is 7.28. The monoisotopic (exact) mass is 360 g/mol. The number of fused-ring (bicyclic) bond motifs is 4. The molecule has 3 saturated heterocycles. The number of nitrogens with zero attached hydrogens (tertiary/aromatic N) is 2. The fourth-order valence-corrected chi connectivity index (χ4v) is 5.03. The van der Waals surface area contributed by atoms with Crippen molar-refractivity contribution >= 4 is 10.0 Å². The highest BCUT2D eigenvalue weighted by Gasteiger charge is 2.37. The van der Waals surface area contributed by atoms with E-state index in [9.17, 15) is 8.42 Å². The van der Waals surface area contributed by atoms with Gasteiger partial charge in [0, 0.05) is 37.8 Å². The van der Waals surface area contributed by atoms with E-state index >= 15 is 0 Å². The van der Waals surface area contributed by atoms with Crippen LogP contribution >= 0.6 is 0 Å². The molecule has 2 bridgehead atoms. The molecule has 5 rings (SSSR count). The Morgan fingerprint density at radius 3 is 2.76 bits per heavy atom. The lowest BCUT2D eigenvalue weighted by molar-refractivity contribution is 0.125. The lowest BCUT2D eigenvalue weighted by Crippen LogP contribution is -2.43. The summed E-state index contributed by atoms with van der Waals surface area (Å²) < 4.78 is 31.2. The first-order valence-electron chi connectivity index (χ1n) is 8.81.